The quantitative estimate of drug-likeness (QED) is 0.784. The van der Waals surface area contributed by atoms with Crippen LogP contribution in [0.4, 0.5) is 5.69 Å². The lowest BCUT2D eigenvalue weighted by Gasteiger charge is -2.15. The van der Waals surface area contributed by atoms with Crippen LogP contribution in [0.3, 0.4) is 0 Å². The fourth-order valence-electron chi connectivity index (χ4n) is 1.56. The molecule has 1 aromatic carbocycles. The van der Waals surface area contributed by atoms with Crippen LogP contribution in [0, 0.1) is 0 Å². The molecule has 0 heterocycles. The summed E-state index contributed by atoms with van der Waals surface area (Å²) in [7, 11) is 1.31. The number of benzene rings is 1. The van der Waals surface area contributed by atoms with E-state index in [2.05, 4.69) is 10.0 Å². The van der Waals surface area contributed by atoms with Crippen LogP contribution in [0.2, 0.25) is 0 Å². The van der Waals surface area contributed by atoms with Crippen molar-refractivity contribution in [3.63, 3.8) is 0 Å². The molecule has 1 atom stereocenters. The van der Waals surface area contributed by atoms with E-state index in [4.69, 9.17) is 9.47 Å². The van der Waals surface area contributed by atoms with Gasteiger partial charge in [0.25, 0.3) is 0 Å². The van der Waals surface area contributed by atoms with Gasteiger partial charge in [-0.1, -0.05) is 0 Å². The standard InChI is InChI=1S/C12H20N2O4S/c1-9(8-13-2)19(15,16)14-10-5-6-11(17-3)12(7-10)18-4/h5-7,9,13-14H,8H2,1-4H3. The molecule has 1 rings (SSSR count). The van der Waals surface area contributed by atoms with Crippen molar-refractivity contribution in [2.75, 3.05) is 32.5 Å². The minimum atomic E-state index is -3.43. The molecule has 6 nitrogen and oxygen atoms in total. The number of hydrogen-bond donors (Lipinski definition) is 2. The Morgan fingerprint density at radius 1 is 1.21 bits per heavy atom. The third-order valence-corrected chi connectivity index (χ3v) is 4.41. The SMILES string of the molecule is CNCC(C)S(=O)(=O)Nc1ccc(OC)c(OC)c1. The number of ether oxygens (including phenoxy) is 2. The van der Waals surface area contributed by atoms with E-state index in [1.807, 2.05) is 0 Å². The van der Waals surface area contributed by atoms with Crippen LogP contribution >= 0.6 is 0 Å². The zero-order valence-corrected chi connectivity index (χ0v) is 12.4. The van der Waals surface area contributed by atoms with Gasteiger partial charge in [0, 0.05) is 12.6 Å². The molecule has 19 heavy (non-hydrogen) atoms. The third-order valence-electron chi connectivity index (χ3n) is 2.66. The van der Waals surface area contributed by atoms with E-state index in [0.717, 1.165) is 0 Å². The van der Waals surface area contributed by atoms with E-state index >= 15 is 0 Å². The second-order valence-corrected chi connectivity index (χ2v) is 6.18. The Kier molecular flexibility index (Phi) is 5.44. The number of anilines is 1. The normalized spacial score (nSPS) is 12.8. The molecule has 2 N–H and O–H groups in total. The van der Waals surface area contributed by atoms with Crippen LogP contribution in [0.25, 0.3) is 0 Å². The van der Waals surface area contributed by atoms with Crippen LogP contribution in [0.15, 0.2) is 18.2 Å². The van der Waals surface area contributed by atoms with Crippen LogP contribution in [0.5, 0.6) is 11.5 Å². The van der Waals surface area contributed by atoms with E-state index in [0.29, 0.717) is 23.7 Å². The second kappa shape index (κ2) is 6.63. The van der Waals surface area contributed by atoms with E-state index in [-0.39, 0.29) is 0 Å². The Labute approximate surface area is 114 Å². The average molecular weight is 288 g/mol. The number of hydrogen-bond acceptors (Lipinski definition) is 5. The molecule has 0 aliphatic carbocycles. The van der Waals surface area contributed by atoms with Crippen molar-refractivity contribution in [2.24, 2.45) is 0 Å². The predicted octanol–water partition coefficient (Wildman–Crippen LogP) is 1.05. The monoisotopic (exact) mass is 288 g/mol. The van der Waals surface area contributed by atoms with Gasteiger partial charge in [0.15, 0.2) is 11.5 Å². The maximum atomic E-state index is 12.0. The highest BCUT2D eigenvalue weighted by Crippen LogP contribution is 2.30. The summed E-state index contributed by atoms with van der Waals surface area (Å²) in [6, 6.07) is 4.87. The van der Waals surface area contributed by atoms with Gasteiger partial charge in [0.05, 0.1) is 25.2 Å². The molecule has 0 saturated heterocycles. The van der Waals surface area contributed by atoms with Crippen LogP contribution < -0.4 is 19.5 Å². The fraction of sp³-hybridized carbons (Fsp3) is 0.500. The van der Waals surface area contributed by atoms with Gasteiger partial charge in [-0.05, 0) is 26.1 Å². The number of nitrogens with one attached hydrogen (secondary N) is 2. The minimum absolute atomic E-state index is 0.378. The van der Waals surface area contributed by atoms with Crippen molar-refractivity contribution in [3.8, 4) is 11.5 Å². The first-order chi connectivity index (χ1) is 8.94. The van der Waals surface area contributed by atoms with Gasteiger partial charge in [-0.2, -0.15) is 0 Å². The molecule has 1 unspecified atom stereocenters. The van der Waals surface area contributed by atoms with Gasteiger partial charge in [-0.3, -0.25) is 4.72 Å². The highest BCUT2D eigenvalue weighted by molar-refractivity contribution is 7.93. The highest BCUT2D eigenvalue weighted by atomic mass is 32.2. The van der Waals surface area contributed by atoms with Crippen molar-refractivity contribution in [3.05, 3.63) is 18.2 Å². The Balaban J connectivity index is 2.94. The molecule has 0 aromatic heterocycles. The molecular formula is C12H20N2O4S. The lowest BCUT2D eigenvalue weighted by Crippen LogP contribution is -2.33. The first kappa shape index (κ1) is 15.6. The fourth-order valence-corrected chi connectivity index (χ4v) is 2.60. The van der Waals surface area contributed by atoms with Gasteiger partial charge in [-0.15, -0.1) is 0 Å². The van der Waals surface area contributed by atoms with Crippen LogP contribution in [0.1, 0.15) is 6.92 Å². The van der Waals surface area contributed by atoms with Crippen molar-refractivity contribution < 1.29 is 17.9 Å². The smallest absolute Gasteiger partial charge is 0.236 e. The third kappa shape index (κ3) is 4.00. The summed E-state index contributed by atoms with van der Waals surface area (Å²) in [6.45, 7) is 2.02. The molecular weight excluding hydrogens is 268 g/mol. The zero-order chi connectivity index (χ0) is 14.5. The predicted molar refractivity (Wildman–Crippen MR) is 75.5 cm³/mol. The van der Waals surface area contributed by atoms with Crippen molar-refractivity contribution >= 4 is 15.7 Å². The summed E-state index contributed by atoms with van der Waals surface area (Å²) in [6.07, 6.45) is 0. The maximum Gasteiger partial charge on any atom is 0.236 e. The Morgan fingerprint density at radius 3 is 2.37 bits per heavy atom. The molecule has 0 fully saturated rings. The topological polar surface area (TPSA) is 76.7 Å². The Hall–Kier alpha value is -1.47. The molecule has 1 aromatic rings. The van der Waals surface area contributed by atoms with Crippen molar-refractivity contribution in [2.45, 2.75) is 12.2 Å². The number of rotatable bonds is 7. The zero-order valence-electron chi connectivity index (χ0n) is 11.6. The first-order valence-corrected chi connectivity index (χ1v) is 7.37. The van der Waals surface area contributed by atoms with Gasteiger partial charge >= 0.3 is 0 Å². The summed E-state index contributed by atoms with van der Waals surface area (Å²) < 4.78 is 36.8. The molecule has 0 spiro atoms. The number of sulfonamides is 1. The van der Waals surface area contributed by atoms with Gasteiger partial charge in [-0.25, -0.2) is 8.42 Å². The molecule has 0 bridgehead atoms. The summed E-state index contributed by atoms with van der Waals surface area (Å²) in [4.78, 5) is 0. The summed E-state index contributed by atoms with van der Waals surface area (Å²) >= 11 is 0. The second-order valence-electron chi connectivity index (χ2n) is 4.09. The van der Waals surface area contributed by atoms with E-state index < -0.39 is 15.3 Å². The molecule has 0 aliphatic rings. The summed E-state index contributed by atoms with van der Waals surface area (Å²) in [5.41, 5.74) is 0.445. The van der Waals surface area contributed by atoms with Gasteiger partial charge in [0.2, 0.25) is 10.0 Å². The first-order valence-electron chi connectivity index (χ1n) is 5.83. The average Bonchev–Trinajstić information content (AvgIpc) is 2.38. The maximum absolute atomic E-state index is 12.0. The highest BCUT2D eigenvalue weighted by Gasteiger charge is 2.20. The Morgan fingerprint density at radius 2 is 1.84 bits per heavy atom. The summed E-state index contributed by atoms with van der Waals surface area (Å²) in [5.74, 6) is 1.03. The van der Waals surface area contributed by atoms with E-state index in [1.54, 1.807) is 32.2 Å². The molecule has 0 amide bonds. The van der Waals surface area contributed by atoms with Crippen molar-refractivity contribution in [1.29, 1.82) is 0 Å². The minimum Gasteiger partial charge on any atom is -0.493 e. The lowest BCUT2D eigenvalue weighted by atomic mass is 10.3. The molecule has 0 aliphatic heterocycles. The van der Waals surface area contributed by atoms with Crippen molar-refractivity contribution in [1.82, 2.24) is 5.32 Å². The molecule has 0 radical (unpaired) electrons. The van der Waals surface area contributed by atoms with Gasteiger partial charge in [0.1, 0.15) is 0 Å². The van der Waals surface area contributed by atoms with Crippen LogP contribution in [-0.4, -0.2) is 41.5 Å². The lowest BCUT2D eigenvalue weighted by molar-refractivity contribution is 0.355. The van der Waals surface area contributed by atoms with E-state index in [1.165, 1.54) is 14.2 Å². The Bertz CT molecular complexity index is 516. The molecule has 0 saturated carbocycles. The summed E-state index contributed by atoms with van der Waals surface area (Å²) in [5, 5.41) is 2.30. The van der Waals surface area contributed by atoms with Gasteiger partial charge < -0.3 is 14.8 Å². The van der Waals surface area contributed by atoms with E-state index in [9.17, 15) is 8.42 Å². The molecule has 7 heteroatoms. The molecule has 108 valence electrons. The van der Waals surface area contributed by atoms with Crippen LogP contribution in [-0.2, 0) is 10.0 Å². The largest absolute Gasteiger partial charge is 0.493 e. The number of methoxy groups -OCH3 is 2.